The fourth-order valence-electron chi connectivity index (χ4n) is 3.41. The molecule has 1 aliphatic heterocycles. The highest BCUT2D eigenvalue weighted by Gasteiger charge is 2.32. The summed E-state index contributed by atoms with van der Waals surface area (Å²) < 4.78 is 51.3. The number of benzene rings is 2. The van der Waals surface area contributed by atoms with Crippen molar-refractivity contribution in [1.29, 1.82) is 0 Å². The molecule has 1 amide bonds. The molecule has 0 bridgehead atoms. The third kappa shape index (κ3) is 4.14. The fraction of sp³-hybridized carbons (Fsp3) is 0.286. The molecule has 2 heterocycles. The van der Waals surface area contributed by atoms with Crippen LogP contribution in [0, 0.1) is 17.5 Å². The summed E-state index contributed by atoms with van der Waals surface area (Å²) in [5.74, 6) is -3.31. The van der Waals surface area contributed by atoms with Crippen LogP contribution in [0.25, 0.3) is 11.5 Å². The summed E-state index contributed by atoms with van der Waals surface area (Å²) in [5, 5.41) is 3.86. The molecule has 1 fully saturated rings. The number of likely N-dealkylation sites (tertiary alicyclic amines) is 1. The molecule has 2 aromatic carbocycles. The van der Waals surface area contributed by atoms with E-state index in [-0.39, 0.29) is 29.8 Å². The summed E-state index contributed by atoms with van der Waals surface area (Å²) in [4.78, 5) is 18.5. The number of aromatic nitrogens is 2. The van der Waals surface area contributed by atoms with Gasteiger partial charge in [0.05, 0.1) is 11.6 Å². The van der Waals surface area contributed by atoms with E-state index in [1.165, 1.54) is 0 Å². The molecule has 1 atom stereocenters. The minimum Gasteiger partial charge on any atom is -0.484 e. The lowest BCUT2D eigenvalue weighted by molar-refractivity contribution is -0.137. The summed E-state index contributed by atoms with van der Waals surface area (Å²) in [6.45, 7) is 0.341. The van der Waals surface area contributed by atoms with Crippen molar-refractivity contribution in [3.8, 4) is 17.2 Å². The van der Waals surface area contributed by atoms with Crippen LogP contribution in [0.4, 0.5) is 13.2 Å². The van der Waals surface area contributed by atoms with Crippen molar-refractivity contribution in [2.75, 3.05) is 13.2 Å². The predicted octanol–water partition coefficient (Wildman–Crippen LogP) is 4.29. The van der Waals surface area contributed by atoms with Crippen molar-refractivity contribution in [3.05, 3.63) is 65.7 Å². The van der Waals surface area contributed by atoms with Crippen LogP contribution in [0.1, 0.15) is 31.1 Å². The van der Waals surface area contributed by atoms with E-state index in [2.05, 4.69) is 10.1 Å². The molecule has 1 aliphatic rings. The monoisotopic (exact) mass is 417 g/mol. The first-order valence-electron chi connectivity index (χ1n) is 9.49. The molecule has 0 spiro atoms. The molecule has 0 N–H and O–H groups in total. The molecule has 156 valence electrons. The number of para-hydroxylation sites is 1. The molecule has 1 saturated heterocycles. The molecule has 0 radical (unpaired) electrons. The number of halogens is 3. The highest BCUT2D eigenvalue weighted by Crippen LogP contribution is 2.31. The molecule has 9 heteroatoms. The van der Waals surface area contributed by atoms with Crippen molar-refractivity contribution < 1.29 is 27.2 Å². The fourth-order valence-corrected chi connectivity index (χ4v) is 3.41. The number of ether oxygens (including phenoxy) is 1. The zero-order valence-electron chi connectivity index (χ0n) is 15.9. The second kappa shape index (κ2) is 8.56. The Bertz CT molecular complexity index is 1040. The first-order valence-corrected chi connectivity index (χ1v) is 9.49. The molecular formula is C21H18F3N3O3. The third-order valence-corrected chi connectivity index (χ3v) is 4.91. The quantitative estimate of drug-likeness (QED) is 0.580. The van der Waals surface area contributed by atoms with Crippen LogP contribution in [-0.2, 0) is 4.79 Å². The predicted molar refractivity (Wildman–Crippen MR) is 99.9 cm³/mol. The Balaban J connectivity index is 1.52. The van der Waals surface area contributed by atoms with Gasteiger partial charge in [0.1, 0.15) is 11.6 Å². The zero-order valence-corrected chi connectivity index (χ0v) is 15.9. The average molecular weight is 417 g/mol. The number of amides is 1. The van der Waals surface area contributed by atoms with E-state index < -0.39 is 23.5 Å². The summed E-state index contributed by atoms with van der Waals surface area (Å²) >= 11 is 0. The van der Waals surface area contributed by atoms with Gasteiger partial charge in [-0.1, -0.05) is 23.4 Å². The number of hydrogen-bond acceptors (Lipinski definition) is 5. The van der Waals surface area contributed by atoms with E-state index in [9.17, 15) is 18.0 Å². The molecular weight excluding hydrogens is 399 g/mol. The Morgan fingerprint density at radius 2 is 1.87 bits per heavy atom. The van der Waals surface area contributed by atoms with Gasteiger partial charge >= 0.3 is 0 Å². The molecule has 4 rings (SSSR count). The molecule has 1 aromatic heterocycles. The number of carbonyl (C=O) groups excluding carboxylic acids is 1. The Morgan fingerprint density at radius 1 is 1.10 bits per heavy atom. The Morgan fingerprint density at radius 3 is 2.67 bits per heavy atom. The highest BCUT2D eigenvalue weighted by atomic mass is 19.2. The van der Waals surface area contributed by atoms with E-state index in [0.29, 0.717) is 30.8 Å². The van der Waals surface area contributed by atoms with Crippen molar-refractivity contribution >= 4 is 5.91 Å². The second-order valence-corrected chi connectivity index (χ2v) is 6.90. The van der Waals surface area contributed by atoms with E-state index in [4.69, 9.17) is 9.26 Å². The van der Waals surface area contributed by atoms with Gasteiger partial charge in [-0.2, -0.15) is 4.98 Å². The number of piperidine rings is 1. The smallest absolute Gasteiger partial charge is 0.261 e. The summed E-state index contributed by atoms with van der Waals surface area (Å²) in [7, 11) is 0. The first-order chi connectivity index (χ1) is 14.5. The normalized spacial score (nSPS) is 16.5. The zero-order chi connectivity index (χ0) is 21.1. The minimum atomic E-state index is -1.31. The van der Waals surface area contributed by atoms with Crippen molar-refractivity contribution in [2.24, 2.45) is 0 Å². The maximum Gasteiger partial charge on any atom is 0.261 e. The highest BCUT2D eigenvalue weighted by molar-refractivity contribution is 5.78. The molecule has 0 aliphatic carbocycles. The van der Waals surface area contributed by atoms with Crippen molar-refractivity contribution in [2.45, 2.75) is 25.3 Å². The number of hydrogen-bond donors (Lipinski definition) is 0. The molecule has 0 saturated carbocycles. The van der Waals surface area contributed by atoms with Gasteiger partial charge in [0.2, 0.25) is 0 Å². The van der Waals surface area contributed by atoms with Gasteiger partial charge in [0.15, 0.2) is 24.1 Å². The maximum absolute atomic E-state index is 14.0. The SMILES string of the molecule is O=C(COc1ccccc1)N1CCCCC1c1noc(-c2cc(F)c(F)cc2F)n1. The average Bonchev–Trinajstić information content (AvgIpc) is 3.25. The lowest BCUT2D eigenvalue weighted by Gasteiger charge is -2.33. The second-order valence-electron chi connectivity index (χ2n) is 6.90. The van der Waals surface area contributed by atoms with Crippen LogP contribution in [0.2, 0.25) is 0 Å². The van der Waals surface area contributed by atoms with Crippen LogP contribution in [0.5, 0.6) is 5.75 Å². The van der Waals surface area contributed by atoms with Gasteiger partial charge < -0.3 is 14.2 Å². The Hall–Kier alpha value is -3.36. The van der Waals surface area contributed by atoms with Gasteiger partial charge in [-0.15, -0.1) is 0 Å². The van der Waals surface area contributed by atoms with Gasteiger partial charge in [0.25, 0.3) is 11.8 Å². The Labute approximate surface area is 170 Å². The molecule has 6 nitrogen and oxygen atoms in total. The van der Waals surface area contributed by atoms with Crippen LogP contribution < -0.4 is 4.74 Å². The van der Waals surface area contributed by atoms with E-state index in [1.54, 1.807) is 17.0 Å². The van der Waals surface area contributed by atoms with Gasteiger partial charge in [-0.3, -0.25) is 4.79 Å². The Kier molecular flexibility index (Phi) is 5.69. The van der Waals surface area contributed by atoms with Crippen LogP contribution in [-0.4, -0.2) is 34.1 Å². The van der Waals surface area contributed by atoms with Crippen molar-refractivity contribution in [1.82, 2.24) is 15.0 Å². The summed E-state index contributed by atoms with van der Waals surface area (Å²) in [6, 6.07) is 9.58. The maximum atomic E-state index is 14.0. The summed E-state index contributed by atoms with van der Waals surface area (Å²) in [5.41, 5.74) is -0.339. The van der Waals surface area contributed by atoms with E-state index in [1.807, 2.05) is 18.2 Å². The number of rotatable bonds is 5. The topological polar surface area (TPSA) is 68.5 Å². The first kappa shape index (κ1) is 19.9. The molecule has 1 unspecified atom stereocenters. The van der Waals surface area contributed by atoms with Crippen LogP contribution in [0.15, 0.2) is 47.0 Å². The third-order valence-electron chi connectivity index (χ3n) is 4.91. The number of carbonyl (C=O) groups is 1. The molecule has 3 aromatic rings. The minimum absolute atomic E-state index is 0.150. The van der Waals surface area contributed by atoms with Crippen molar-refractivity contribution in [3.63, 3.8) is 0 Å². The van der Waals surface area contributed by atoms with Crippen LogP contribution in [0.3, 0.4) is 0 Å². The van der Waals surface area contributed by atoms with Crippen LogP contribution >= 0.6 is 0 Å². The lowest BCUT2D eigenvalue weighted by atomic mass is 10.0. The summed E-state index contributed by atoms with van der Waals surface area (Å²) in [6.07, 6.45) is 2.25. The standard InChI is InChI=1S/C21H18F3N3O3/c22-15-11-17(24)16(23)10-14(15)21-25-20(26-30-21)18-8-4-5-9-27(18)19(28)12-29-13-6-2-1-3-7-13/h1-3,6-7,10-11,18H,4-5,8-9,12H2. The van der Waals surface area contributed by atoms with E-state index in [0.717, 1.165) is 12.8 Å². The molecule has 30 heavy (non-hydrogen) atoms. The van der Waals surface area contributed by atoms with Gasteiger partial charge in [-0.05, 0) is 37.5 Å². The largest absolute Gasteiger partial charge is 0.484 e. The lowest BCUT2D eigenvalue weighted by Crippen LogP contribution is -2.41. The van der Waals surface area contributed by atoms with Gasteiger partial charge in [0, 0.05) is 12.6 Å². The number of nitrogens with zero attached hydrogens (tertiary/aromatic N) is 3. The van der Waals surface area contributed by atoms with E-state index >= 15 is 0 Å². The van der Waals surface area contributed by atoms with Gasteiger partial charge in [-0.25, -0.2) is 13.2 Å².